The number of aliphatic carboxylic acids is 1. The lowest BCUT2D eigenvalue weighted by atomic mass is 10.0. The number of carboxylic acid groups (broad SMARTS) is 1. The second-order valence-electron chi connectivity index (χ2n) is 5.18. The Morgan fingerprint density at radius 2 is 1.88 bits per heavy atom. The Morgan fingerprint density at radius 3 is 2.44 bits per heavy atom. The summed E-state index contributed by atoms with van der Waals surface area (Å²) in [6.45, 7) is 0. The Kier molecular flexibility index (Phi) is 5.78. The van der Waals surface area contributed by atoms with Gasteiger partial charge in [0.1, 0.15) is 0 Å². The van der Waals surface area contributed by atoms with Gasteiger partial charge >= 0.3 is 5.97 Å². The van der Waals surface area contributed by atoms with Crippen LogP contribution in [-0.4, -0.2) is 36.2 Å². The van der Waals surface area contributed by atoms with Gasteiger partial charge in [-0.15, -0.1) is 0 Å². The maximum Gasteiger partial charge on any atom is 0.305 e. The van der Waals surface area contributed by atoms with Crippen molar-refractivity contribution in [1.29, 1.82) is 0 Å². The van der Waals surface area contributed by atoms with Crippen LogP contribution >= 0.6 is 0 Å². The number of hydrogen-bond acceptors (Lipinski definition) is 5. The lowest BCUT2D eigenvalue weighted by molar-refractivity contribution is -0.137. The summed E-state index contributed by atoms with van der Waals surface area (Å²) < 4.78 is 10.4. The van der Waals surface area contributed by atoms with E-state index in [0.717, 1.165) is 0 Å². The summed E-state index contributed by atoms with van der Waals surface area (Å²) in [6.07, 6.45) is 0.953. The maximum atomic E-state index is 12.3. The number of pyridine rings is 1. The molecule has 0 unspecified atom stereocenters. The highest BCUT2D eigenvalue weighted by Crippen LogP contribution is 2.31. The molecule has 0 spiro atoms. The summed E-state index contributed by atoms with van der Waals surface area (Å²) in [4.78, 5) is 37.0. The summed E-state index contributed by atoms with van der Waals surface area (Å²) in [5.41, 5.74) is 0.437. The summed E-state index contributed by atoms with van der Waals surface area (Å²) in [6, 6.07) is 6.70. The molecule has 0 saturated carbocycles. The Bertz CT molecular complexity index is 810. The molecule has 1 amide bonds. The van der Waals surface area contributed by atoms with Crippen molar-refractivity contribution in [3.05, 3.63) is 58.0 Å². The van der Waals surface area contributed by atoms with E-state index in [0.29, 0.717) is 17.1 Å². The minimum absolute atomic E-state index is 0.218. The number of aromatic nitrogens is 1. The molecule has 3 N–H and O–H groups in total. The summed E-state index contributed by atoms with van der Waals surface area (Å²) >= 11 is 0. The van der Waals surface area contributed by atoms with Gasteiger partial charge in [0.2, 0.25) is 5.56 Å². The molecule has 1 aromatic heterocycles. The van der Waals surface area contributed by atoms with E-state index in [9.17, 15) is 14.4 Å². The van der Waals surface area contributed by atoms with E-state index in [2.05, 4.69) is 10.3 Å². The van der Waals surface area contributed by atoms with Crippen LogP contribution in [0.15, 0.2) is 41.3 Å². The monoisotopic (exact) mass is 346 g/mol. The fraction of sp³-hybridized carbons (Fsp3) is 0.235. The summed E-state index contributed by atoms with van der Waals surface area (Å²) in [5, 5.41) is 11.8. The number of amides is 1. The highest BCUT2D eigenvalue weighted by atomic mass is 16.5. The van der Waals surface area contributed by atoms with Crippen LogP contribution in [0.5, 0.6) is 11.5 Å². The van der Waals surface area contributed by atoms with Crippen molar-refractivity contribution in [3.8, 4) is 11.5 Å². The molecule has 2 aromatic rings. The number of aromatic amines is 1. The number of ether oxygens (including phenoxy) is 2. The molecule has 25 heavy (non-hydrogen) atoms. The second-order valence-corrected chi connectivity index (χ2v) is 5.18. The number of H-pyrrole nitrogens is 1. The fourth-order valence-electron chi connectivity index (χ4n) is 2.29. The third kappa shape index (κ3) is 4.60. The Hall–Kier alpha value is -3.29. The zero-order chi connectivity index (χ0) is 18.4. The van der Waals surface area contributed by atoms with E-state index in [1.165, 1.54) is 32.5 Å². The molecular formula is C17H18N2O6. The SMILES string of the molecule is COc1ccc([C@@H](CC(=O)O)NC(=O)c2ccc(=O)[nH]c2)cc1OC. The number of nitrogens with one attached hydrogen (secondary N) is 2. The maximum absolute atomic E-state index is 12.3. The van der Waals surface area contributed by atoms with Gasteiger partial charge < -0.3 is 24.9 Å². The number of carbonyl (C=O) groups excluding carboxylic acids is 1. The van der Waals surface area contributed by atoms with Gasteiger partial charge in [0.25, 0.3) is 5.91 Å². The van der Waals surface area contributed by atoms with Gasteiger partial charge in [-0.3, -0.25) is 14.4 Å². The van der Waals surface area contributed by atoms with Crippen LogP contribution in [0, 0.1) is 0 Å². The van der Waals surface area contributed by atoms with Crippen molar-refractivity contribution < 1.29 is 24.2 Å². The second kappa shape index (κ2) is 8.00. The van der Waals surface area contributed by atoms with Crippen LogP contribution in [0.4, 0.5) is 0 Å². The van der Waals surface area contributed by atoms with Gasteiger partial charge in [0.15, 0.2) is 11.5 Å². The highest BCUT2D eigenvalue weighted by Gasteiger charge is 2.20. The van der Waals surface area contributed by atoms with Crippen molar-refractivity contribution in [1.82, 2.24) is 10.3 Å². The molecule has 0 aliphatic heterocycles. The Labute approximate surface area is 143 Å². The number of benzene rings is 1. The molecule has 0 bridgehead atoms. The van der Waals surface area contributed by atoms with E-state index >= 15 is 0 Å². The van der Waals surface area contributed by atoms with Crippen molar-refractivity contribution in [3.63, 3.8) is 0 Å². The molecule has 0 radical (unpaired) electrons. The van der Waals surface area contributed by atoms with Gasteiger partial charge in [0.05, 0.1) is 32.2 Å². The summed E-state index contributed by atoms with van der Waals surface area (Å²) in [5.74, 6) is -0.653. The highest BCUT2D eigenvalue weighted by molar-refractivity contribution is 5.94. The fourth-order valence-corrected chi connectivity index (χ4v) is 2.29. The van der Waals surface area contributed by atoms with Crippen LogP contribution in [-0.2, 0) is 4.79 Å². The number of rotatable bonds is 7. The van der Waals surface area contributed by atoms with Crippen LogP contribution in [0.1, 0.15) is 28.4 Å². The van der Waals surface area contributed by atoms with Crippen molar-refractivity contribution in [2.75, 3.05) is 14.2 Å². The quantitative estimate of drug-likeness (QED) is 0.696. The van der Waals surface area contributed by atoms with E-state index in [4.69, 9.17) is 14.6 Å². The van der Waals surface area contributed by atoms with Crippen molar-refractivity contribution in [2.45, 2.75) is 12.5 Å². The molecule has 8 nitrogen and oxygen atoms in total. The van der Waals surface area contributed by atoms with E-state index in [1.807, 2.05) is 0 Å². The Morgan fingerprint density at radius 1 is 1.16 bits per heavy atom. The van der Waals surface area contributed by atoms with Gasteiger partial charge in [0, 0.05) is 12.3 Å². The molecule has 2 rings (SSSR count). The number of hydrogen-bond donors (Lipinski definition) is 3. The topological polar surface area (TPSA) is 118 Å². The van der Waals surface area contributed by atoms with Gasteiger partial charge in [-0.25, -0.2) is 0 Å². The Balaban J connectivity index is 2.29. The lowest BCUT2D eigenvalue weighted by Gasteiger charge is -2.19. The van der Waals surface area contributed by atoms with Crippen LogP contribution in [0.25, 0.3) is 0 Å². The lowest BCUT2D eigenvalue weighted by Crippen LogP contribution is -2.30. The molecule has 0 saturated heterocycles. The number of carboxylic acids is 1. The van der Waals surface area contributed by atoms with Crippen LogP contribution < -0.4 is 20.3 Å². The van der Waals surface area contributed by atoms with E-state index in [-0.39, 0.29) is 17.5 Å². The first-order valence-electron chi connectivity index (χ1n) is 7.38. The minimum Gasteiger partial charge on any atom is -0.493 e. The van der Waals surface area contributed by atoms with Gasteiger partial charge in [-0.1, -0.05) is 6.07 Å². The molecule has 1 aromatic carbocycles. The van der Waals surface area contributed by atoms with Crippen LogP contribution in [0.2, 0.25) is 0 Å². The molecule has 8 heteroatoms. The number of carbonyl (C=O) groups is 2. The smallest absolute Gasteiger partial charge is 0.305 e. The minimum atomic E-state index is -1.07. The molecule has 0 fully saturated rings. The van der Waals surface area contributed by atoms with E-state index in [1.54, 1.807) is 18.2 Å². The van der Waals surface area contributed by atoms with E-state index < -0.39 is 17.9 Å². The van der Waals surface area contributed by atoms with Crippen LogP contribution in [0.3, 0.4) is 0 Å². The zero-order valence-electron chi connectivity index (χ0n) is 13.7. The first kappa shape index (κ1) is 18.1. The average Bonchev–Trinajstić information content (AvgIpc) is 2.60. The molecule has 1 heterocycles. The first-order chi connectivity index (χ1) is 11.9. The summed E-state index contributed by atoms with van der Waals surface area (Å²) in [7, 11) is 2.96. The average molecular weight is 346 g/mol. The number of methoxy groups -OCH3 is 2. The molecule has 132 valence electrons. The molecular weight excluding hydrogens is 328 g/mol. The third-order valence-corrected chi connectivity index (χ3v) is 3.54. The predicted molar refractivity (Wildman–Crippen MR) is 89.1 cm³/mol. The normalized spacial score (nSPS) is 11.4. The third-order valence-electron chi connectivity index (χ3n) is 3.54. The predicted octanol–water partition coefficient (Wildman–Crippen LogP) is 1.34. The zero-order valence-corrected chi connectivity index (χ0v) is 13.7. The standard InChI is InChI=1S/C17H18N2O6/c1-24-13-5-3-10(7-14(13)25-2)12(8-16(21)22)19-17(23)11-4-6-15(20)18-9-11/h3-7,9,12H,8H2,1-2H3,(H,18,20)(H,19,23)(H,21,22)/t12-/m1/s1. The molecule has 0 aliphatic carbocycles. The largest absolute Gasteiger partial charge is 0.493 e. The van der Waals surface area contributed by atoms with Crippen molar-refractivity contribution in [2.24, 2.45) is 0 Å². The van der Waals surface area contributed by atoms with Gasteiger partial charge in [-0.05, 0) is 23.8 Å². The van der Waals surface area contributed by atoms with Gasteiger partial charge in [-0.2, -0.15) is 0 Å². The first-order valence-corrected chi connectivity index (χ1v) is 7.38. The molecule has 0 aliphatic rings. The molecule has 1 atom stereocenters. The van der Waals surface area contributed by atoms with Crippen molar-refractivity contribution >= 4 is 11.9 Å².